The summed E-state index contributed by atoms with van der Waals surface area (Å²) in [6.07, 6.45) is -2.64. The van der Waals surface area contributed by atoms with E-state index in [1.54, 1.807) is 24.6 Å². The van der Waals surface area contributed by atoms with E-state index in [-0.39, 0.29) is 24.6 Å². The zero-order valence-electron chi connectivity index (χ0n) is 12.4. The number of urea groups is 1. The highest BCUT2D eigenvalue weighted by Crippen LogP contribution is 2.31. The zero-order chi connectivity index (χ0) is 16.9. The van der Waals surface area contributed by atoms with E-state index in [2.05, 4.69) is 15.6 Å². The van der Waals surface area contributed by atoms with Gasteiger partial charge in [-0.2, -0.15) is 13.2 Å². The van der Waals surface area contributed by atoms with Gasteiger partial charge >= 0.3 is 12.2 Å². The highest BCUT2D eigenvalue weighted by atomic mass is 32.1. The third-order valence-electron chi connectivity index (χ3n) is 3.17. The Labute approximate surface area is 135 Å². The van der Waals surface area contributed by atoms with Crippen molar-refractivity contribution in [3.63, 3.8) is 0 Å². The van der Waals surface area contributed by atoms with Crippen molar-refractivity contribution >= 4 is 17.4 Å². The van der Waals surface area contributed by atoms with Gasteiger partial charge in [0.2, 0.25) is 0 Å². The minimum atomic E-state index is -4.39. The van der Waals surface area contributed by atoms with Gasteiger partial charge in [-0.25, -0.2) is 9.78 Å². The number of aromatic nitrogens is 1. The van der Waals surface area contributed by atoms with Crippen LogP contribution in [0, 0.1) is 0 Å². The predicted molar refractivity (Wildman–Crippen MR) is 82.2 cm³/mol. The van der Waals surface area contributed by atoms with Crippen LogP contribution in [0.5, 0.6) is 0 Å². The Hall–Kier alpha value is -2.09. The molecule has 0 spiro atoms. The molecule has 1 atom stereocenters. The maximum absolute atomic E-state index is 12.9. The number of benzene rings is 1. The molecule has 0 bridgehead atoms. The molecule has 2 amide bonds. The standard InChI is InChI=1S/C15H16F3N3OS/c1-10(13-19-8-9-23-13)21-14(22)20-7-6-11-4-2-3-5-12(11)15(16,17)18/h2-5,8-10H,6-7H2,1H3,(H2,20,21,22)/t10-/m0/s1. The monoisotopic (exact) mass is 343 g/mol. The molecule has 0 fully saturated rings. The topological polar surface area (TPSA) is 54.0 Å². The molecule has 124 valence electrons. The molecule has 2 N–H and O–H groups in total. The molecule has 0 aliphatic rings. The first-order valence-electron chi connectivity index (χ1n) is 6.97. The molecular weight excluding hydrogens is 327 g/mol. The van der Waals surface area contributed by atoms with Crippen molar-refractivity contribution in [3.05, 3.63) is 52.0 Å². The van der Waals surface area contributed by atoms with Crippen LogP contribution in [0.2, 0.25) is 0 Å². The lowest BCUT2D eigenvalue weighted by atomic mass is 10.0. The first-order chi connectivity index (χ1) is 10.9. The third kappa shape index (κ3) is 4.95. The van der Waals surface area contributed by atoms with Gasteiger partial charge in [0.1, 0.15) is 5.01 Å². The molecule has 0 aliphatic heterocycles. The normalized spacial score (nSPS) is 12.7. The van der Waals surface area contributed by atoms with Crippen LogP contribution in [-0.4, -0.2) is 17.6 Å². The molecule has 0 saturated heterocycles. The van der Waals surface area contributed by atoms with Gasteiger partial charge in [0.05, 0.1) is 11.6 Å². The van der Waals surface area contributed by atoms with E-state index in [1.807, 2.05) is 0 Å². The van der Waals surface area contributed by atoms with Gasteiger partial charge in [-0.1, -0.05) is 18.2 Å². The van der Waals surface area contributed by atoms with Crippen LogP contribution in [0.3, 0.4) is 0 Å². The Morgan fingerprint density at radius 1 is 1.35 bits per heavy atom. The van der Waals surface area contributed by atoms with Crippen LogP contribution in [-0.2, 0) is 12.6 Å². The van der Waals surface area contributed by atoms with Gasteiger partial charge in [0.25, 0.3) is 0 Å². The summed E-state index contributed by atoms with van der Waals surface area (Å²) in [6.45, 7) is 1.90. The summed E-state index contributed by atoms with van der Waals surface area (Å²) in [5.41, 5.74) is -0.508. The summed E-state index contributed by atoms with van der Waals surface area (Å²) in [4.78, 5) is 15.8. The number of carbonyl (C=O) groups excluding carboxylic acids is 1. The average Bonchev–Trinajstić information content (AvgIpc) is 3.01. The number of nitrogens with one attached hydrogen (secondary N) is 2. The summed E-state index contributed by atoms with van der Waals surface area (Å²) in [7, 11) is 0. The van der Waals surface area contributed by atoms with Gasteiger partial charge in [-0.05, 0) is 25.0 Å². The second-order valence-corrected chi connectivity index (χ2v) is 5.82. The Morgan fingerprint density at radius 2 is 2.09 bits per heavy atom. The average molecular weight is 343 g/mol. The molecular formula is C15H16F3N3OS. The number of nitrogens with zero attached hydrogens (tertiary/aromatic N) is 1. The summed E-state index contributed by atoms with van der Waals surface area (Å²) in [5, 5.41) is 7.82. The lowest BCUT2D eigenvalue weighted by Gasteiger charge is -2.14. The molecule has 0 unspecified atom stereocenters. The Kier molecular flexibility index (Phi) is 5.59. The van der Waals surface area contributed by atoms with Gasteiger partial charge in [-0.3, -0.25) is 0 Å². The van der Waals surface area contributed by atoms with Crippen molar-refractivity contribution in [2.24, 2.45) is 0 Å². The van der Waals surface area contributed by atoms with Crippen LogP contribution >= 0.6 is 11.3 Å². The number of hydrogen-bond donors (Lipinski definition) is 2. The van der Waals surface area contributed by atoms with E-state index in [4.69, 9.17) is 0 Å². The van der Waals surface area contributed by atoms with Crippen molar-refractivity contribution in [3.8, 4) is 0 Å². The first kappa shape index (κ1) is 17.3. The predicted octanol–water partition coefficient (Wildman–Crippen LogP) is 3.76. The molecule has 23 heavy (non-hydrogen) atoms. The zero-order valence-corrected chi connectivity index (χ0v) is 13.2. The molecule has 8 heteroatoms. The lowest BCUT2D eigenvalue weighted by Crippen LogP contribution is -2.38. The maximum atomic E-state index is 12.9. The number of hydrogen-bond acceptors (Lipinski definition) is 3. The number of alkyl halides is 3. The van der Waals surface area contributed by atoms with Gasteiger partial charge in [0.15, 0.2) is 0 Å². The molecule has 4 nitrogen and oxygen atoms in total. The van der Waals surface area contributed by atoms with Crippen molar-refractivity contribution < 1.29 is 18.0 Å². The minimum absolute atomic E-state index is 0.106. The highest BCUT2D eigenvalue weighted by Gasteiger charge is 2.32. The highest BCUT2D eigenvalue weighted by molar-refractivity contribution is 7.09. The van der Waals surface area contributed by atoms with Crippen molar-refractivity contribution in [2.45, 2.75) is 25.6 Å². The molecule has 2 aromatic rings. The summed E-state index contributed by atoms with van der Waals surface area (Å²) in [6, 6.07) is 4.67. The van der Waals surface area contributed by atoms with E-state index in [9.17, 15) is 18.0 Å². The van der Waals surface area contributed by atoms with Crippen LogP contribution in [0.15, 0.2) is 35.8 Å². The van der Waals surface area contributed by atoms with Crippen molar-refractivity contribution in [1.82, 2.24) is 15.6 Å². The van der Waals surface area contributed by atoms with E-state index in [0.29, 0.717) is 0 Å². The molecule has 1 aromatic heterocycles. The number of halogens is 3. The van der Waals surface area contributed by atoms with Crippen LogP contribution in [0.4, 0.5) is 18.0 Å². The third-order valence-corrected chi connectivity index (χ3v) is 4.13. The van der Waals surface area contributed by atoms with E-state index >= 15 is 0 Å². The number of rotatable bonds is 5. The number of thiazole rings is 1. The fraction of sp³-hybridized carbons (Fsp3) is 0.333. The van der Waals surface area contributed by atoms with E-state index in [1.165, 1.54) is 23.5 Å². The fourth-order valence-corrected chi connectivity index (χ4v) is 2.73. The summed E-state index contributed by atoms with van der Waals surface area (Å²) >= 11 is 1.42. The molecule has 0 radical (unpaired) electrons. The van der Waals surface area contributed by atoms with Crippen molar-refractivity contribution in [1.29, 1.82) is 0 Å². The number of carbonyl (C=O) groups is 1. The molecule has 2 rings (SSSR count). The van der Waals surface area contributed by atoms with Crippen molar-refractivity contribution in [2.75, 3.05) is 6.54 Å². The SMILES string of the molecule is C[C@H](NC(=O)NCCc1ccccc1C(F)(F)F)c1nccs1. The fourth-order valence-electron chi connectivity index (χ4n) is 2.08. The maximum Gasteiger partial charge on any atom is 0.416 e. The molecule has 1 aromatic carbocycles. The Bertz CT molecular complexity index is 644. The van der Waals surface area contributed by atoms with E-state index < -0.39 is 17.8 Å². The second-order valence-electron chi connectivity index (χ2n) is 4.90. The number of amides is 2. The van der Waals surface area contributed by atoms with Crippen LogP contribution in [0.25, 0.3) is 0 Å². The quantitative estimate of drug-likeness (QED) is 0.868. The van der Waals surface area contributed by atoms with E-state index in [0.717, 1.165) is 11.1 Å². The molecule has 0 saturated carbocycles. The smallest absolute Gasteiger partial charge is 0.338 e. The summed E-state index contributed by atoms with van der Waals surface area (Å²) < 4.78 is 38.6. The summed E-state index contributed by atoms with van der Waals surface area (Å²) in [5.74, 6) is 0. The molecule has 0 aliphatic carbocycles. The van der Waals surface area contributed by atoms with Crippen LogP contribution in [0.1, 0.15) is 29.1 Å². The first-order valence-corrected chi connectivity index (χ1v) is 7.84. The van der Waals surface area contributed by atoms with Gasteiger partial charge in [0, 0.05) is 18.1 Å². The largest absolute Gasteiger partial charge is 0.416 e. The van der Waals surface area contributed by atoms with Gasteiger partial charge < -0.3 is 10.6 Å². The second kappa shape index (κ2) is 7.45. The molecule has 1 heterocycles. The Morgan fingerprint density at radius 3 is 2.74 bits per heavy atom. The lowest BCUT2D eigenvalue weighted by molar-refractivity contribution is -0.138. The van der Waals surface area contributed by atoms with Crippen LogP contribution < -0.4 is 10.6 Å². The minimum Gasteiger partial charge on any atom is -0.338 e. The van der Waals surface area contributed by atoms with Gasteiger partial charge in [-0.15, -0.1) is 11.3 Å². The Balaban J connectivity index is 1.85.